The number of hydrogen-bond acceptors (Lipinski definition) is 3. The van der Waals surface area contributed by atoms with Gasteiger partial charge in [-0.1, -0.05) is 12.1 Å². The molecule has 3 N–H and O–H groups in total. The summed E-state index contributed by atoms with van der Waals surface area (Å²) in [6.07, 6.45) is 1.54. The molecule has 7 heteroatoms. The number of urea groups is 1. The highest BCUT2D eigenvalue weighted by Gasteiger charge is 2.26. The first-order chi connectivity index (χ1) is 12.4. The Hall–Kier alpha value is -2.83. The number of aromatic nitrogens is 2. The molecule has 1 aromatic heterocycles. The predicted molar refractivity (Wildman–Crippen MR) is 99.8 cm³/mol. The first kappa shape index (κ1) is 18.0. The van der Waals surface area contributed by atoms with E-state index in [-0.39, 0.29) is 17.9 Å². The van der Waals surface area contributed by atoms with Crippen LogP contribution in [0.5, 0.6) is 0 Å². The maximum absolute atomic E-state index is 12.4. The number of carbonyl (C=O) groups excluding carboxylic acids is 2. The van der Waals surface area contributed by atoms with E-state index >= 15 is 0 Å². The van der Waals surface area contributed by atoms with Crippen LogP contribution in [0.3, 0.4) is 0 Å². The van der Waals surface area contributed by atoms with E-state index in [1.54, 1.807) is 4.90 Å². The van der Waals surface area contributed by atoms with Gasteiger partial charge in [-0.15, -0.1) is 0 Å². The van der Waals surface area contributed by atoms with Crippen molar-refractivity contribution in [1.82, 2.24) is 14.7 Å². The number of amides is 3. The van der Waals surface area contributed by atoms with Crippen LogP contribution in [0.4, 0.5) is 10.5 Å². The van der Waals surface area contributed by atoms with Gasteiger partial charge < -0.3 is 16.0 Å². The third-order valence-corrected chi connectivity index (χ3v) is 4.75. The molecule has 0 radical (unpaired) electrons. The molecule has 2 heterocycles. The second-order valence-electron chi connectivity index (χ2n) is 6.90. The first-order valence-electron chi connectivity index (χ1n) is 8.87. The standard InChI is InChI=1S/C19H25N5O2/c1-13-10-14(2)24(22-13)11-15-5-7-17(8-6-15)21-19(26)23-9-3-4-16(12-23)18(20)25/h5-8,10,16H,3-4,9,11-12H2,1-2H3,(H2,20,25)(H,21,26). The van der Waals surface area contributed by atoms with Crippen LogP contribution in [-0.4, -0.2) is 39.7 Å². The number of primary amides is 1. The number of carbonyl (C=O) groups is 2. The predicted octanol–water partition coefficient (Wildman–Crippen LogP) is 2.28. The quantitative estimate of drug-likeness (QED) is 0.881. The van der Waals surface area contributed by atoms with Crippen molar-refractivity contribution in [2.75, 3.05) is 18.4 Å². The summed E-state index contributed by atoms with van der Waals surface area (Å²) in [4.78, 5) is 25.4. The minimum absolute atomic E-state index is 0.192. The average molecular weight is 355 g/mol. The highest BCUT2D eigenvalue weighted by atomic mass is 16.2. The van der Waals surface area contributed by atoms with E-state index in [1.165, 1.54) is 0 Å². The SMILES string of the molecule is Cc1cc(C)n(Cc2ccc(NC(=O)N3CCCC(C(N)=O)C3)cc2)n1. The lowest BCUT2D eigenvalue weighted by molar-refractivity contribution is -0.123. The second-order valence-corrected chi connectivity index (χ2v) is 6.90. The molecule has 26 heavy (non-hydrogen) atoms. The normalized spacial score (nSPS) is 17.2. The summed E-state index contributed by atoms with van der Waals surface area (Å²) in [6, 6.07) is 9.58. The third kappa shape index (κ3) is 4.22. The van der Waals surface area contributed by atoms with Gasteiger partial charge in [-0.25, -0.2) is 4.79 Å². The fourth-order valence-corrected chi connectivity index (χ4v) is 3.30. The Labute approximate surface area is 153 Å². The summed E-state index contributed by atoms with van der Waals surface area (Å²) in [5.74, 6) is -0.589. The first-order valence-corrected chi connectivity index (χ1v) is 8.87. The number of likely N-dealkylation sites (tertiary alicyclic amines) is 1. The van der Waals surface area contributed by atoms with Gasteiger partial charge in [0.15, 0.2) is 0 Å². The van der Waals surface area contributed by atoms with Gasteiger partial charge in [0.2, 0.25) is 5.91 Å². The molecule has 1 unspecified atom stereocenters. The van der Waals surface area contributed by atoms with Crippen molar-refractivity contribution in [3.8, 4) is 0 Å². The number of hydrogen-bond donors (Lipinski definition) is 2. The molecular formula is C19H25N5O2. The van der Waals surface area contributed by atoms with E-state index in [1.807, 2.05) is 48.9 Å². The molecule has 0 spiro atoms. The zero-order valence-corrected chi connectivity index (χ0v) is 15.2. The molecule has 7 nitrogen and oxygen atoms in total. The molecule has 1 atom stereocenters. The highest BCUT2D eigenvalue weighted by Crippen LogP contribution is 2.18. The zero-order valence-electron chi connectivity index (χ0n) is 15.2. The Morgan fingerprint density at radius 1 is 1.27 bits per heavy atom. The lowest BCUT2D eigenvalue weighted by Gasteiger charge is -2.31. The molecule has 3 rings (SSSR count). The van der Waals surface area contributed by atoms with Crippen LogP contribution < -0.4 is 11.1 Å². The van der Waals surface area contributed by atoms with Crippen LogP contribution >= 0.6 is 0 Å². The van der Waals surface area contributed by atoms with E-state index in [0.29, 0.717) is 19.6 Å². The van der Waals surface area contributed by atoms with Gasteiger partial charge in [0.05, 0.1) is 18.2 Å². The number of piperidine rings is 1. The van der Waals surface area contributed by atoms with Crippen molar-refractivity contribution < 1.29 is 9.59 Å². The van der Waals surface area contributed by atoms with E-state index in [2.05, 4.69) is 10.4 Å². The monoisotopic (exact) mass is 355 g/mol. The number of benzene rings is 1. The maximum atomic E-state index is 12.4. The number of rotatable bonds is 4. The smallest absolute Gasteiger partial charge is 0.321 e. The number of aryl methyl sites for hydroxylation is 2. The summed E-state index contributed by atoms with van der Waals surface area (Å²) >= 11 is 0. The topological polar surface area (TPSA) is 93.3 Å². The molecule has 3 amide bonds. The van der Waals surface area contributed by atoms with Gasteiger partial charge in [-0.2, -0.15) is 5.10 Å². The zero-order chi connectivity index (χ0) is 18.7. The Kier molecular flexibility index (Phi) is 5.25. The summed E-state index contributed by atoms with van der Waals surface area (Å²) < 4.78 is 1.96. The molecule has 0 aliphatic carbocycles. The molecule has 1 aliphatic rings. The minimum atomic E-state index is -0.337. The number of nitrogens with two attached hydrogens (primary N) is 1. The molecule has 0 saturated carbocycles. The van der Waals surface area contributed by atoms with Gasteiger partial charge in [0.25, 0.3) is 0 Å². The van der Waals surface area contributed by atoms with Crippen LogP contribution in [0.15, 0.2) is 30.3 Å². The van der Waals surface area contributed by atoms with Crippen molar-refractivity contribution in [2.24, 2.45) is 11.7 Å². The van der Waals surface area contributed by atoms with Crippen LogP contribution in [0, 0.1) is 19.8 Å². The average Bonchev–Trinajstić information content (AvgIpc) is 2.94. The fraction of sp³-hybridized carbons (Fsp3) is 0.421. The number of nitrogens with one attached hydrogen (secondary N) is 1. The Bertz CT molecular complexity index is 797. The summed E-state index contributed by atoms with van der Waals surface area (Å²) in [5.41, 5.74) is 9.33. The van der Waals surface area contributed by atoms with Gasteiger partial charge in [-0.3, -0.25) is 9.48 Å². The van der Waals surface area contributed by atoms with Crippen LogP contribution in [0.2, 0.25) is 0 Å². The lowest BCUT2D eigenvalue weighted by Crippen LogP contribution is -2.45. The van der Waals surface area contributed by atoms with Crippen molar-refractivity contribution in [2.45, 2.75) is 33.2 Å². The van der Waals surface area contributed by atoms with Crippen molar-refractivity contribution in [1.29, 1.82) is 0 Å². The fourth-order valence-electron chi connectivity index (χ4n) is 3.30. The van der Waals surface area contributed by atoms with Gasteiger partial charge >= 0.3 is 6.03 Å². The van der Waals surface area contributed by atoms with E-state index in [0.717, 1.165) is 35.5 Å². The Morgan fingerprint density at radius 3 is 2.62 bits per heavy atom. The van der Waals surface area contributed by atoms with Gasteiger partial charge in [0.1, 0.15) is 0 Å². The van der Waals surface area contributed by atoms with E-state index in [4.69, 9.17) is 5.73 Å². The number of nitrogens with zero attached hydrogens (tertiary/aromatic N) is 3. The Morgan fingerprint density at radius 2 is 2.00 bits per heavy atom. The third-order valence-electron chi connectivity index (χ3n) is 4.75. The Balaban J connectivity index is 1.59. The molecule has 1 aromatic carbocycles. The molecule has 1 saturated heterocycles. The maximum Gasteiger partial charge on any atom is 0.321 e. The summed E-state index contributed by atoms with van der Waals surface area (Å²) in [7, 11) is 0. The van der Waals surface area contributed by atoms with E-state index in [9.17, 15) is 9.59 Å². The highest BCUT2D eigenvalue weighted by molar-refractivity contribution is 5.90. The van der Waals surface area contributed by atoms with Crippen molar-refractivity contribution in [3.63, 3.8) is 0 Å². The molecule has 138 valence electrons. The van der Waals surface area contributed by atoms with Crippen LogP contribution in [-0.2, 0) is 11.3 Å². The van der Waals surface area contributed by atoms with Crippen molar-refractivity contribution in [3.05, 3.63) is 47.3 Å². The van der Waals surface area contributed by atoms with Crippen LogP contribution in [0.1, 0.15) is 29.8 Å². The largest absolute Gasteiger partial charge is 0.369 e. The minimum Gasteiger partial charge on any atom is -0.369 e. The molecule has 1 aliphatic heterocycles. The van der Waals surface area contributed by atoms with Crippen LogP contribution in [0.25, 0.3) is 0 Å². The number of anilines is 1. The van der Waals surface area contributed by atoms with Crippen molar-refractivity contribution >= 4 is 17.6 Å². The second kappa shape index (κ2) is 7.59. The van der Waals surface area contributed by atoms with Gasteiger partial charge in [0, 0.05) is 24.5 Å². The van der Waals surface area contributed by atoms with Gasteiger partial charge in [-0.05, 0) is 50.5 Å². The lowest BCUT2D eigenvalue weighted by atomic mass is 9.98. The molecule has 1 fully saturated rings. The summed E-state index contributed by atoms with van der Waals surface area (Å²) in [5, 5.41) is 7.35. The summed E-state index contributed by atoms with van der Waals surface area (Å²) in [6.45, 7) is 5.74. The molecule has 0 bridgehead atoms. The molecular weight excluding hydrogens is 330 g/mol. The molecule has 2 aromatic rings. The van der Waals surface area contributed by atoms with E-state index < -0.39 is 0 Å².